The first-order chi connectivity index (χ1) is 12.5. The van der Waals surface area contributed by atoms with Crippen LogP contribution >= 0.6 is 0 Å². The Morgan fingerprint density at radius 1 is 1.27 bits per heavy atom. The van der Waals surface area contributed by atoms with Crippen LogP contribution in [0.2, 0.25) is 0 Å². The fourth-order valence-electron chi connectivity index (χ4n) is 3.16. The number of pyridine rings is 1. The summed E-state index contributed by atoms with van der Waals surface area (Å²) in [6.07, 6.45) is 4.57. The highest BCUT2D eigenvalue weighted by molar-refractivity contribution is 6.06. The predicted octanol–water partition coefficient (Wildman–Crippen LogP) is 2.68. The number of nitrogens with one attached hydrogen (secondary N) is 1. The van der Waals surface area contributed by atoms with E-state index in [0.717, 1.165) is 29.7 Å². The number of carbonyl (C=O) groups is 1. The molecule has 0 saturated carbocycles. The van der Waals surface area contributed by atoms with Gasteiger partial charge in [0.05, 0.1) is 11.1 Å². The molecule has 2 aromatic heterocycles. The molecular weight excluding hydrogens is 328 g/mol. The summed E-state index contributed by atoms with van der Waals surface area (Å²) < 4.78 is 3.67. The summed E-state index contributed by atoms with van der Waals surface area (Å²) in [6, 6.07) is 8.85. The lowest BCUT2D eigenvalue weighted by Crippen LogP contribution is -2.28. The second-order valence-electron chi connectivity index (χ2n) is 6.72. The normalized spacial score (nSPS) is 11.2. The predicted molar refractivity (Wildman–Crippen MR) is 102 cm³/mol. The molecule has 3 rings (SSSR count). The van der Waals surface area contributed by atoms with Gasteiger partial charge in [-0.25, -0.2) is 4.98 Å². The Kier molecular flexibility index (Phi) is 5.21. The van der Waals surface area contributed by atoms with Gasteiger partial charge in [-0.15, -0.1) is 0 Å². The molecule has 1 N–H and O–H groups in total. The lowest BCUT2D eigenvalue weighted by molar-refractivity contribution is 0.0954. The number of para-hydroxylation sites is 1. The number of hydrogen-bond donors (Lipinski definition) is 1. The van der Waals surface area contributed by atoms with Crippen molar-refractivity contribution in [3.05, 3.63) is 64.5 Å². The largest absolute Gasteiger partial charge is 0.352 e. The average Bonchev–Trinajstić information content (AvgIpc) is 3.10. The second-order valence-corrected chi connectivity index (χ2v) is 6.72. The number of aromatic nitrogens is 3. The molecule has 0 atom stereocenters. The number of nitrogens with zero attached hydrogens (tertiary/aromatic N) is 3. The minimum Gasteiger partial charge on any atom is -0.352 e. The van der Waals surface area contributed by atoms with Crippen LogP contribution in [0.3, 0.4) is 0 Å². The summed E-state index contributed by atoms with van der Waals surface area (Å²) >= 11 is 0. The molecule has 26 heavy (non-hydrogen) atoms. The van der Waals surface area contributed by atoms with E-state index in [1.165, 1.54) is 6.07 Å². The van der Waals surface area contributed by atoms with Gasteiger partial charge in [-0.3, -0.25) is 9.59 Å². The molecule has 0 saturated heterocycles. The van der Waals surface area contributed by atoms with Crippen molar-refractivity contribution in [2.45, 2.75) is 32.7 Å². The third-order valence-corrected chi connectivity index (χ3v) is 4.52. The monoisotopic (exact) mass is 352 g/mol. The molecule has 1 amide bonds. The van der Waals surface area contributed by atoms with Gasteiger partial charge in [0.15, 0.2) is 0 Å². The maximum Gasteiger partial charge on any atom is 0.252 e. The molecule has 0 spiro atoms. The zero-order chi connectivity index (χ0) is 18.7. The molecule has 6 heteroatoms. The molecule has 0 aliphatic carbocycles. The van der Waals surface area contributed by atoms with Crippen molar-refractivity contribution in [1.29, 1.82) is 0 Å². The number of benzene rings is 1. The number of fused-ring (bicyclic) bond motifs is 1. The van der Waals surface area contributed by atoms with Gasteiger partial charge in [0.25, 0.3) is 11.5 Å². The maximum atomic E-state index is 12.6. The molecule has 0 radical (unpaired) electrons. The third-order valence-electron chi connectivity index (χ3n) is 4.52. The summed E-state index contributed by atoms with van der Waals surface area (Å²) in [6.45, 7) is 5.56. The number of rotatable bonds is 6. The van der Waals surface area contributed by atoms with Gasteiger partial charge >= 0.3 is 0 Å². The van der Waals surface area contributed by atoms with Crippen molar-refractivity contribution in [2.24, 2.45) is 7.05 Å². The topological polar surface area (TPSA) is 68.9 Å². The van der Waals surface area contributed by atoms with Crippen LogP contribution in [-0.4, -0.2) is 26.6 Å². The van der Waals surface area contributed by atoms with E-state index < -0.39 is 0 Å². The number of amides is 1. The van der Waals surface area contributed by atoms with Crippen LogP contribution in [0.5, 0.6) is 0 Å². The molecule has 0 unspecified atom stereocenters. The third kappa shape index (κ3) is 3.54. The molecule has 6 nitrogen and oxygen atoms in total. The summed E-state index contributed by atoms with van der Waals surface area (Å²) in [7, 11) is 1.71. The Morgan fingerprint density at radius 3 is 2.81 bits per heavy atom. The highest BCUT2D eigenvalue weighted by Crippen LogP contribution is 2.16. The van der Waals surface area contributed by atoms with Crippen LogP contribution in [0.15, 0.2) is 47.5 Å². The van der Waals surface area contributed by atoms with Crippen molar-refractivity contribution in [3.8, 4) is 0 Å². The fraction of sp³-hybridized carbons (Fsp3) is 0.350. The van der Waals surface area contributed by atoms with Crippen molar-refractivity contribution in [1.82, 2.24) is 19.4 Å². The van der Waals surface area contributed by atoms with Crippen LogP contribution in [0.1, 0.15) is 42.4 Å². The van der Waals surface area contributed by atoms with E-state index in [9.17, 15) is 9.59 Å². The van der Waals surface area contributed by atoms with Gasteiger partial charge in [-0.1, -0.05) is 32.0 Å². The average molecular weight is 352 g/mol. The molecule has 0 aliphatic heterocycles. The Morgan fingerprint density at radius 2 is 2.04 bits per heavy atom. The van der Waals surface area contributed by atoms with E-state index in [-0.39, 0.29) is 11.5 Å². The second kappa shape index (κ2) is 7.56. The van der Waals surface area contributed by atoms with Crippen molar-refractivity contribution < 1.29 is 4.79 Å². The standard InChI is InChI=1S/C20H24N4O2/c1-14(2)19-21-10-12-24(19)11-6-9-22-20(26)16-13-18(25)23(3)17-8-5-4-7-15(16)17/h4-5,7-8,10,12-14H,6,9,11H2,1-3H3,(H,22,26). The number of carbonyl (C=O) groups excluding carboxylic acids is 1. The summed E-state index contributed by atoms with van der Waals surface area (Å²) in [4.78, 5) is 29.1. The van der Waals surface area contributed by atoms with E-state index in [2.05, 4.69) is 28.7 Å². The molecule has 1 aromatic carbocycles. The van der Waals surface area contributed by atoms with Gasteiger partial charge in [0, 0.05) is 49.9 Å². The maximum absolute atomic E-state index is 12.6. The molecule has 3 aromatic rings. The highest BCUT2D eigenvalue weighted by atomic mass is 16.2. The lowest BCUT2D eigenvalue weighted by Gasteiger charge is -2.12. The zero-order valence-electron chi connectivity index (χ0n) is 15.4. The fourth-order valence-corrected chi connectivity index (χ4v) is 3.16. The summed E-state index contributed by atoms with van der Waals surface area (Å²) in [5.74, 6) is 1.20. The minimum absolute atomic E-state index is 0.186. The Labute approximate surface area is 152 Å². The Hall–Kier alpha value is -2.89. The lowest BCUT2D eigenvalue weighted by atomic mass is 10.1. The van der Waals surface area contributed by atoms with Crippen molar-refractivity contribution in [3.63, 3.8) is 0 Å². The van der Waals surface area contributed by atoms with Gasteiger partial charge in [0.1, 0.15) is 5.82 Å². The van der Waals surface area contributed by atoms with E-state index in [0.29, 0.717) is 18.0 Å². The number of imidazole rings is 1. The molecular formula is C20H24N4O2. The minimum atomic E-state index is -0.214. The number of aryl methyl sites for hydroxylation is 2. The van der Waals surface area contributed by atoms with Gasteiger partial charge in [-0.2, -0.15) is 0 Å². The quantitative estimate of drug-likeness (QED) is 0.694. The van der Waals surface area contributed by atoms with Crippen molar-refractivity contribution >= 4 is 16.8 Å². The summed E-state index contributed by atoms with van der Waals surface area (Å²) in [5.41, 5.74) is 0.994. The van der Waals surface area contributed by atoms with Crippen LogP contribution in [0.25, 0.3) is 10.9 Å². The van der Waals surface area contributed by atoms with Gasteiger partial charge in [-0.05, 0) is 12.5 Å². The van der Waals surface area contributed by atoms with E-state index in [4.69, 9.17) is 0 Å². The zero-order valence-corrected chi connectivity index (χ0v) is 15.4. The molecule has 0 fully saturated rings. The smallest absolute Gasteiger partial charge is 0.252 e. The van der Waals surface area contributed by atoms with E-state index in [1.54, 1.807) is 17.8 Å². The van der Waals surface area contributed by atoms with Crippen LogP contribution in [0.4, 0.5) is 0 Å². The first-order valence-electron chi connectivity index (χ1n) is 8.87. The van der Waals surface area contributed by atoms with Crippen LogP contribution in [-0.2, 0) is 13.6 Å². The SMILES string of the molecule is CC(C)c1nccn1CCCNC(=O)c1cc(=O)n(C)c2ccccc12. The van der Waals surface area contributed by atoms with Gasteiger partial charge < -0.3 is 14.5 Å². The van der Waals surface area contributed by atoms with Gasteiger partial charge in [0.2, 0.25) is 0 Å². The Balaban J connectivity index is 1.68. The van der Waals surface area contributed by atoms with Crippen LogP contribution in [0, 0.1) is 0 Å². The highest BCUT2D eigenvalue weighted by Gasteiger charge is 2.13. The van der Waals surface area contributed by atoms with Crippen molar-refractivity contribution in [2.75, 3.05) is 6.54 Å². The first-order valence-corrected chi connectivity index (χ1v) is 8.87. The van der Waals surface area contributed by atoms with Crippen LogP contribution < -0.4 is 10.9 Å². The Bertz CT molecular complexity index is 985. The van der Waals surface area contributed by atoms with E-state index in [1.807, 2.05) is 30.5 Å². The molecule has 0 aliphatic rings. The number of hydrogen-bond acceptors (Lipinski definition) is 3. The summed E-state index contributed by atoms with van der Waals surface area (Å²) in [5, 5.41) is 3.71. The first kappa shape index (κ1) is 17.9. The van der Waals surface area contributed by atoms with E-state index >= 15 is 0 Å². The molecule has 0 bridgehead atoms. The molecule has 2 heterocycles. The molecule has 136 valence electrons.